The Morgan fingerprint density at radius 3 is 2.48 bits per heavy atom. The van der Waals surface area contributed by atoms with E-state index in [1.807, 2.05) is 13.0 Å². The van der Waals surface area contributed by atoms with Gasteiger partial charge in [-0.05, 0) is 37.5 Å². The smallest absolute Gasteiger partial charge is 0.279 e. The van der Waals surface area contributed by atoms with Crippen molar-refractivity contribution in [3.63, 3.8) is 0 Å². The average Bonchev–Trinajstić information content (AvgIpc) is 2.73. The van der Waals surface area contributed by atoms with E-state index in [-0.39, 0.29) is 6.54 Å². The summed E-state index contributed by atoms with van der Waals surface area (Å²) in [5.41, 5.74) is 5.57. The van der Waals surface area contributed by atoms with E-state index in [1.54, 1.807) is 0 Å². The lowest BCUT2D eigenvalue weighted by molar-refractivity contribution is 0.505. The molecule has 0 atom stereocenters. The molecule has 1 heterocycles. The van der Waals surface area contributed by atoms with Crippen molar-refractivity contribution in [3.05, 3.63) is 34.5 Å². The molecule has 2 aromatic rings. The molecule has 0 saturated carbocycles. The maximum atomic E-state index is 11.9. The molecule has 2 rings (SSSR count). The molecule has 21 heavy (non-hydrogen) atoms. The topological polar surface area (TPSA) is 65.2 Å². The average molecular weight is 309 g/mol. The Hall–Kier alpha value is -1.37. The quantitative estimate of drug-likeness (QED) is 0.889. The molecule has 0 bridgehead atoms. The van der Waals surface area contributed by atoms with Crippen LogP contribution in [0.25, 0.3) is 10.9 Å². The highest BCUT2D eigenvalue weighted by molar-refractivity contribution is 7.87. The van der Waals surface area contributed by atoms with Gasteiger partial charge in [0.1, 0.15) is 0 Å². The number of benzene rings is 1. The molecule has 0 spiro atoms. The van der Waals surface area contributed by atoms with E-state index in [4.69, 9.17) is 0 Å². The van der Waals surface area contributed by atoms with Gasteiger partial charge in [0.25, 0.3) is 10.2 Å². The van der Waals surface area contributed by atoms with Crippen LogP contribution in [0, 0.1) is 13.8 Å². The summed E-state index contributed by atoms with van der Waals surface area (Å²) in [4.78, 5) is 3.43. The molecule has 0 unspecified atom stereocenters. The van der Waals surface area contributed by atoms with Crippen molar-refractivity contribution < 1.29 is 8.42 Å². The summed E-state index contributed by atoms with van der Waals surface area (Å²) in [6.45, 7) is 6.52. The van der Waals surface area contributed by atoms with Gasteiger partial charge in [0.15, 0.2) is 0 Å². The third kappa shape index (κ3) is 3.12. The molecule has 0 amide bonds. The van der Waals surface area contributed by atoms with Crippen molar-refractivity contribution in [1.29, 1.82) is 0 Å². The molecule has 5 nitrogen and oxygen atoms in total. The van der Waals surface area contributed by atoms with Crippen LogP contribution in [0.5, 0.6) is 0 Å². The van der Waals surface area contributed by atoms with E-state index < -0.39 is 10.2 Å². The number of aromatic nitrogens is 1. The van der Waals surface area contributed by atoms with Crippen LogP contribution >= 0.6 is 0 Å². The molecule has 6 heteroatoms. The highest BCUT2D eigenvalue weighted by Crippen LogP contribution is 2.26. The first-order valence-electron chi connectivity index (χ1n) is 7.04. The van der Waals surface area contributed by atoms with Gasteiger partial charge >= 0.3 is 0 Å². The Labute approximate surface area is 126 Å². The Balaban J connectivity index is 2.44. The van der Waals surface area contributed by atoms with Gasteiger partial charge in [0.05, 0.1) is 5.52 Å². The number of H-pyrrole nitrogens is 1. The van der Waals surface area contributed by atoms with Gasteiger partial charge in [-0.1, -0.05) is 18.6 Å². The number of nitrogens with one attached hydrogen (secondary N) is 2. The van der Waals surface area contributed by atoms with Gasteiger partial charge in [-0.15, -0.1) is 0 Å². The van der Waals surface area contributed by atoms with Gasteiger partial charge in [-0.25, -0.2) is 0 Å². The fourth-order valence-corrected chi connectivity index (χ4v) is 3.10. The Morgan fingerprint density at radius 2 is 1.90 bits per heavy atom. The zero-order valence-electron chi connectivity index (χ0n) is 13.2. The fraction of sp³-hybridized carbons (Fsp3) is 0.467. The van der Waals surface area contributed by atoms with E-state index in [1.165, 1.54) is 35.0 Å². The van der Waals surface area contributed by atoms with Crippen molar-refractivity contribution in [3.8, 4) is 0 Å². The van der Waals surface area contributed by atoms with Crippen LogP contribution in [-0.2, 0) is 23.2 Å². The second-order valence-electron chi connectivity index (χ2n) is 5.54. The van der Waals surface area contributed by atoms with Crippen molar-refractivity contribution in [2.75, 3.05) is 14.1 Å². The van der Waals surface area contributed by atoms with E-state index in [2.05, 4.69) is 29.6 Å². The van der Waals surface area contributed by atoms with Crippen LogP contribution in [0.1, 0.15) is 29.3 Å². The Bertz CT molecular complexity index is 761. The minimum absolute atomic E-state index is 0.280. The van der Waals surface area contributed by atoms with E-state index >= 15 is 0 Å². The molecule has 1 aromatic carbocycles. The molecule has 0 aliphatic heterocycles. The van der Waals surface area contributed by atoms with Crippen LogP contribution in [0.4, 0.5) is 0 Å². The second kappa shape index (κ2) is 5.79. The van der Waals surface area contributed by atoms with Crippen LogP contribution < -0.4 is 4.72 Å². The van der Waals surface area contributed by atoms with Crippen LogP contribution in [0.2, 0.25) is 0 Å². The largest absolute Gasteiger partial charge is 0.358 e. The number of hydrogen-bond donors (Lipinski definition) is 2. The lowest BCUT2D eigenvalue weighted by atomic mass is 10.0. The summed E-state index contributed by atoms with van der Waals surface area (Å²) in [7, 11) is -0.385. The molecular weight excluding hydrogens is 286 g/mol. The Morgan fingerprint density at radius 1 is 1.24 bits per heavy atom. The minimum atomic E-state index is -3.42. The highest BCUT2D eigenvalue weighted by Gasteiger charge is 2.15. The molecule has 0 fully saturated rings. The van der Waals surface area contributed by atoms with Gasteiger partial charge < -0.3 is 4.98 Å². The molecule has 116 valence electrons. The Kier molecular flexibility index (Phi) is 4.41. The lowest BCUT2D eigenvalue weighted by Crippen LogP contribution is -2.35. The summed E-state index contributed by atoms with van der Waals surface area (Å²) < 4.78 is 27.5. The molecule has 0 aliphatic rings. The standard InChI is InChI=1S/C15H23N3O2S/c1-6-14-11(3)13-8-10(2)7-12(15(13)17-14)9-16-21(19,20)18(4)5/h7-8,16-17H,6,9H2,1-5H3. The van der Waals surface area contributed by atoms with Crippen molar-refractivity contribution in [1.82, 2.24) is 14.0 Å². The predicted octanol–water partition coefficient (Wildman–Crippen LogP) is 2.24. The van der Waals surface area contributed by atoms with E-state index in [0.29, 0.717) is 0 Å². The third-order valence-corrected chi connectivity index (χ3v) is 5.25. The first-order chi connectivity index (χ1) is 9.76. The minimum Gasteiger partial charge on any atom is -0.358 e. The normalized spacial score (nSPS) is 12.5. The lowest BCUT2D eigenvalue weighted by Gasteiger charge is -2.13. The SMILES string of the molecule is CCc1[nH]c2c(CNS(=O)(=O)N(C)C)cc(C)cc2c1C. The van der Waals surface area contributed by atoms with Gasteiger partial charge in [0, 0.05) is 31.7 Å². The summed E-state index contributed by atoms with van der Waals surface area (Å²) in [5, 5.41) is 1.17. The molecule has 2 N–H and O–H groups in total. The zero-order chi connectivity index (χ0) is 15.8. The van der Waals surface area contributed by atoms with Crippen LogP contribution in [0.3, 0.4) is 0 Å². The molecule has 0 saturated heterocycles. The number of aryl methyl sites for hydroxylation is 3. The number of hydrogen-bond acceptors (Lipinski definition) is 2. The van der Waals surface area contributed by atoms with Crippen molar-refractivity contribution >= 4 is 21.1 Å². The zero-order valence-corrected chi connectivity index (χ0v) is 14.1. The van der Waals surface area contributed by atoms with Gasteiger partial charge in [-0.3, -0.25) is 0 Å². The van der Waals surface area contributed by atoms with Gasteiger partial charge in [-0.2, -0.15) is 17.4 Å². The highest BCUT2D eigenvalue weighted by atomic mass is 32.2. The molecule has 0 radical (unpaired) electrons. The van der Waals surface area contributed by atoms with Crippen LogP contribution in [-0.4, -0.2) is 31.8 Å². The number of nitrogens with zero attached hydrogens (tertiary/aromatic N) is 1. The fourth-order valence-electron chi connectivity index (χ4n) is 2.50. The summed E-state index contributed by atoms with van der Waals surface area (Å²) >= 11 is 0. The molecular formula is C15H23N3O2S. The van der Waals surface area contributed by atoms with E-state index in [9.17, 15) is 8.42 Å². The van der Waals surface area contributed by atoms with Crippen molar-refractivity contribution in [2.24, 2.45) is 0 Å². The maximum absolute atomic E-state index is 11.9. The number of aromatic amines is 1. The predicted molar refractivity (Wildman–Crippen MR) is 86.6 cm³/mol. The number of rotatable bonds is 5. The number of fused-ring (bicyclic) bond motifs is 1. The van der Waals surface area contributed by atoms with Gasteiger partial charge in [0.2, 0.25) is 0 Å². The molecule has 0 aliphatic carbocycles. The monoisotopic (exact) mass is 309 g/mol. The third-order valence-electron chi connectivity index (χ3n) is 3.78. The summed E-state index contributed by atoms with van der Waals surface area (Å²) in [6, 6.07) is 4.17. The second-order valence-corrected chi connectivity index (χ2v) is 7.51. The first kappa shape index (κ1) is 16.0. The maximum Gasteiger partial charge on any atom is 0.279 e. The first-order valence-corrected chi connectivity index (χ1v) is 8.48. The summed E-state index contributed by atoms with van der Waals surface area (Å²) in [5.74, 6) is 0. The summed E-state index contributed by atoms with van der Waals surface area (Å²) in [6.07, 6.45) is 0.933. The van der Waals surface area contributed by atoms with Crippen molar-refractivity contribution in [2.45, 2.75) is 33.7 Å². The van der Waals surface area contributed by atoms with Crippen LogP contribution in [0.15, 0.2) is 12.1 Å². The van der Waals surface area contributed by atoms with E-state index in [0.717, 1.165) is 23.1 Å². The molecule has 1 aromatic heterocycles.